The van der Waals surface area contributed by atoms with Gasteiger partial charge in [-0.2, -0.15) is 0 Å². The van der Waals surface area contributed by atoms with E-state index in [1.807, 2.05) is 0 Å². The van der Waals surface area contributed by atoms with Gasteiger partial charge >= 0.3 is 0 Å². The van der Waals surface area contributed by atoms with Gasteiger partial charge in [-0.25, -0.2) is 0 Å². The number of aliphatic hydroxyl groups is 1. The Bertz CT molecular complexity index is 434. The van der Waals surface area contributed by atoms with Crippen molar-refractivity contribution in [2.45, 2.75) is 52.6 Å². The molecule has 1 saturated carbocycles. The Morgan fingerprint density at radius 3 is 2.94 bits per heavy atom. The van der Waals surface area contributed by atoms with Crippen LogP contribution in [0, 0.1) is 24.2 Å². The van der Waals surface area contributed by atoms with Gasteiger partial charge in [0.25, 0.3) is 0 Å². The van der Waals surface area contributed by atoms with E-state index in [-0.39, 0.29) is 11.5 Å². The summed E-state index contributed by atoms with van der Waals surface area (Å²) in [6.07, 6.45) is 6.17. The van der Waals surface area contributed by atoms with Gasteiger partial charge in [-0.05, 0) is 48.1 Å². The Morgan fingerprint density at radius 2 is 2.18 bits per heavy atom. The SMILES string of the molecule is Cc1coc2c1CC1(C)C(C)CCCC1C2O. The molecule has 0 radical (unpaired) electrons. The van der Waals surface area contributed by atoms with Crippen molar-refractivity contribution in [3.8, 4) is 0 Å². The molecule has 1 fully saturated rings. The van der Waals surface area contributed by atoms with E-state index in [2.05, 4.69) is 20.8 Å². The number of furan rings is 1. The molecule has 0 aliphatic heterocycles. The Hall–Kier alpha value is -0.760. The van der Waals surface area contributed by atoms with E-state index in [9.17, 15) is 5.11 Å². The monoisotopic (exact) mass is 234 g/mol. The van der Waals surface area contributed by atoms with Crippen molar-refractivity contribution < 1.29 is 9.52 Å². The molecule has 1 aromatic heterocycles. The van der Waals surface area contributed by atoms with Crippen LogP contribution in [0.4, 0.5) is 0 Å². The van der Waals surface area contributed by atoms with Gasteiger partial charge in [-0.1, -0.05) is 26.7 Å². The number of rotatable bonds is 0. The Kier molecular flexibility index (Phi) is 2.41. The topological polar surface area (TPSA) is 33.4 Å². The summed E-state index contributed by atoms with van der Waals surface area (Å²) in [5.74, 6) is 1.92. The molecule has 0 spiro atoms. The number of aliphatic hydroxyl groups excluding tert-OH is 1. The first-order valence-electron chi connectivity index (χ1n) is 6.79. The van der Waals surface area contributed by atoms with Crippen molar-refractivity contribution in [2.75, 3.05) is 0 Å². The third-order valence-electron chi connectivity index (χ3n) is 5.47. The summed E-state index contributed by atoms with van der Waals surface area (Å²) < 4.78 is 5.58. The van der Waals surface area contributed by atoms with Crippen LogP contribution in [0.1, 0.15) is 56.1 Å². The Labute approximate surface area is 103 Å². The van der Waals surface area contributed by atoms with Crippen LogP contribution in [-0.2, 0) is 6.42 Å². The lowest BCUT2D eigenvalue weighted by Crippen LogP contribution is -2.45. The van der Waals surface area contributed by atoms with Gasteiger partial charge in [0, 0.05) is 0 Å². The zero-order chi connectivity index (χ0) is 12.2. The van der Waals surface area contributed by atoms with Crippen LogP contribution in [0.15, 0.2) is 10.7 Å². The van der Waals surface area contributed by atoms with Crippen molar-refractivity contribution in [1.82, 2.24) is 0 Å². The highest BCUT2D eigenvalue weighted by atomic mass is 16.4. The quantitative estimate of drug-likeness (QED) is 0.743. The molecule has 1 heterocycles. The molecule has 94 valence electrons. The van der Waals surface area contributed by atoms with Gasteiger partial charge in [-0.3, -0.25) is 0 Å². The smallest absolute Gasteiger partial charge is 0.136 e. The average Bonchev–Trinajstić information content (AvgIpc) is 2.64. The third kappa shape index (κ3) is 1.43. The maximum absolute atomic E-state index is 10.6. The lowest BCUT2D eigenvalue weighted by Gasteiger charge is -2.50. The Balaban J connectivity index is 2.08. The molecule has 4 unspecified atom stereocenters. The molecule has 2 heteroatoms. The maximum Gasteiger partial charge on any atom is 0.136 e. The molecule has 1 N–H and O–H groups in total. The summed E-state index contributed by atoms with van der Waals surface area (Å²) >= 11 is 0. The zero-order valence-corrected chi connectivity index (χ0v) is 11.0. The predicted molar refractivity (Wildman–Crippen MR) is 66.7 cm³/mol. The van der Waals surface area contributed by atoms with Gasteiger partial charge in [-0.15, -0.1) is 0 Å². The third-order valence-corrected chi connectivity index (χ3v) is 5.47. The highest BCUT2D eigenvalue weighted by Crippen LogP contribution is 2.56. The number of hydrogen-bond donors (Lipinski definition) is 1. The Morgan fingerprint density at radius 1 is 1.41 bits per heavy atom. The first-order valence-corrected chi connectivity index (χ1v) is 6.79. The average molecular weight is 234 g/mol. The van der Waals surface area contributed by atoms with Crippen molar-refractivity contribution in [3.63, 3.8) is 0 Å². The van der Waals surface area contributed by atoms with E-state index < -0.39 is 0 Å². The van der Waals surface area contributed by atoms with Crippen LogP contribution in [-0.4, -0.2) is 5.11 Å². The highest BCUT2D eigenvalue weighted by molar-refractivity contribution is 5.33. The van der Waals surface area contributed by atoms with E-state index in [0.29, 0.717) is 11.8 Å². The van der Waals surface area contributed by atoms with E-state index >= 15 is 0 Å². The van der Waals surface area contributed by atoms with Crippen LogP contribution in [0.5, 0.6) is 0 Å². The summed E-state index contributed by atoms with van der Waals surface area (Å²) in [4.78, 5) is 0. The normalized spacial score (nSPS) is 40.8. The summed E-state index contributed by atoms with van der Waals surface area (Å²) in [7, 11) is 0. The molecule has 0 bridgehead atoms. The number of hydrogen-bond acceptors (Lipinski definition) is 2. The summed E-state index contributed by atoms with van der Waals surface area (Å²) in [6, 6.07) is 0. The van der Waals surface area contributed by atoms with E-state index in [4.69, 9.17) is 4.42 Å². The molecule has 2 aliphatic carbocycles. The second-order valence-corrected chi connectivity index (χ2v) is 6.33. The van der Waals surface area contributed by atoms with Crippen LogP contribution >= 0.6 is 0 Å². The van der Waals surface area contributed by atoms with Crippen LogP contribution < -0.4 is 0 Å². The van der Waals surface area contributed by atoms with Gasteiger partial charge in [0.05, 0.1) is 6.26 Å². The fraction of sp³-hybridized carbons (Fsp3) is 0.733. The molecule has 0 aromatic carbocycles. The van der Waals surface area contributed by atoms with Gasteiger partial charge in [0.2, 0.25) is 0 Å². The highest BCUT2D eigenvalue weighted by Gasteiger charge is 2.50. The largest absolute Gasteiger partial charge is 0.466 e. The van der Waals surface area contributed by atoms with Crippen molar-refractivity contribution >= 4 is 0 Å². The number of aryl methyl sites for hydroxylation is 1. The summed E-state index contributed by atoms with van der Waals surface area (Å²) in [5, 5.41) is 10.6. The molecule has 4 atom stereocenters. The lowest BCUT2D eigenvalue weighted by molar-refractivity contribution is -0.0597. The fourth-order valence-corrected chi connectivity index (χ4v) is 4.02. The minimum Gasteiger partial charge on any atom is -0.466 e. The molecule has 2 aliphatic rings. The molecule has 1 aromatic rings. The van der Waals surface area contributed by atoms with Gasteiger partial charge < -0.3 is 9.52 Å². The van der Waals surface area contributed by atoms with Crippen molar-refractivity contribution in [3.05, 3.63) is 23.2 Å². The van der Waals surface area contributed by atoms with E-state index in [1.165, 1.54) is 24.0 Å². The second-order valence-electron chi connectivity index (χ2n) is 6.33. The molecule has 2 nitrogen and oxygen atoms in total. The van der Waals surface area contributed by atoms with E-state index in [1.54, 1.807) is 6.26 Å². The van der Waals surface area contributed by atoms with Crippen LogP contribution in [0.2, 0.25) is 0 Å². The predicted octanol–water partition coefficient (Wildman–Crippen LogP) is 3.62. The van der Waals surface area contributed by atoms with Crippen molar-refractivity contribution in [2.24, 2.45) is 17.3 Å². The molecule has 0 amide bonds. The van der Waals surface area contributed by atoms with Crippen LogP contribution in [0.25, 0.3) is 0 Å². The molecule has 17 heavy (non-hydrogen) atoms. The molecular formula is C15H22O2. The molecule has 0 saturated heterocycles. The van der Waals surface area contributed by atoms with Crippen LogP contribution in [0.3, 0.4) is 0 Å². The minimum absolute atomic E-state index is 0.249. The number of fused-ring (bicyclic) bond motifs is 2. The molecular weight excluding hydrogens is 212 g/mol. The summed E-state index contributed by atoms with van der Waals surface area (Å²) in [5.41, 5.74) is 2.72. The first-order chi connectivity index (χ1) is 8.04. The van der Waals surface area contributed by atoms with Gasteiger partial charge in [0.15, 0.2) is 0 Å². The maximum atomic E-state index is 10.6. The van der Waals surface area contributed by atoms with Crippen molar-refractivity contribution in [1.29, 1.82) is 0 Å². The molecule has 3 rings (SSSR count). The zero-order valence-electron chi connectivity index (χ0n) is 11.0. The fourth-order valence-electron chi connectivity index (χ4n) is 4.02. The summed E-state index contributed by atoms with van der Waals surface area (Å²) in [6.45, 7) is 6.80. The van der Waals surface area contributed by atoms with Gasteiger partial charge in [0.1, 0.15) is 11.9 Å². The first kappa shape index (κ1) is 11.3. The van der Waals surface area contributed by atoms with E-state index in [0.717, 1.165) is 18.6 Å². The lowest BCUT2D eigenvalue weighted by atomic mass is 9.55. The second kappa shape index (κ2) is 3.61. The standard InChI is InChI=1S/C15H22O2/c1-9-8-17-14-11(9)7-15(3)10(2)5-4-6-12(15)13(14)16/h8,10,12-13,16H,4-7H2,1-3H3. The minimum atomic E-state index is -0.389.